The number of piperazine rings is 1. The number of thiazole rings is 1. The van der Waals surface area contributed by atoms with Crippen LogP contribution >= 0.6 is 11.3 Å². The van der Waals surface area contributed by atoms with E-state index >= 15 is 0 Å². The van der Waals surface area contributed by atoms with Crippen molar-refractivity contribution in [3.8, 4) is 5.75 Å². The van der Waals surface area contributed by atoms with E-state index in [0.717, 1.165) is 54.8 Å². The summed E-state index contributed by atoms with van der Waals surface area (Å²) in [4.78, 5) is 19.7. The Morgan fingerprint density at radius 1 is 1.25 bits per heavy atom. The highest BCUT2D eigenvalue weighted by atomic mass is 32.1. The molecule has 1 atom stereocenters. The second-order valence-corrected chi connectivity index (χ2v) is 9.86. The van der Waals surface area contributed by atoms with Crippen LogP contribution in [0.1, 0.15) is 37.3 Å². The van der Waals surface area contributed by atoms with Gasteiger partial charge >= 0.3 is 12.1 Å². The predicted molar refractivity (Wildman–Crippen MR) is 130 cm³/mol. The van der Waals surface area contributed by atoms with E-state index in [0.29, 0.717) is 35.2 Å². The van der Waals surface area contributed by atoms with Crippen molar-refractivity contribution in [1.82, 2.24) is 9.88 Å². The number of carbonyl (C=O) groups is 1. The zero-order valence-electron chi connectivity index (χ0n) is 19.7. The normalized spacial score (nSPS) is 17.0. The van der Waals surface area contributed by atoms with Gasteiger partial charge < -0.3 is 14.7 Å². The number of alkyl halides is 3. The molecule has 1 fully saturated rings. The first kappa shape index (κ1) is 26.2. The van der Waals surface area contributed by atoms with Crippen molar-refractivity contribution in [3.05, 3.63) is 53.3 Å². The molecule has 11 heteroatoms. The number of hydrogen-bond acceptors (Lipinski definition) is 6. The first-order valence-corrected chi connectivity index (χ1v) is 12.6. The number of anilines is 1. The van der Waals surface area contributed by atoms with E-state index in [1.165, 1.54) is 0 Å². The average Bonchev–Trinajstić information content (AvgIpc) is 3.23. The number of fused-ring (bicyclic) bond motifs is 1. The Balaban J connectivity index is 1.51. The largest absolute Gasteiger partial charge is 0.482 e. The van der Waals surface area contributed by atoms with Gasteiger partial charge in [-0.15, -0.1) is 0 Å². The van der Waals surface area contributed by atoms with Crippen molar-refractivity contribution in [2.75, 3.05) is 31.1 Å². The molecule has 0 spiro atoms. The molecule has 1 aliphatic heterocycles. The number of carboxylic acid groups (broad SMARTS) is 1. The van der Waals surface area contributed by atoms with Gasteiger partial charge in [0.2, 0.25) is 0 Å². The fraction of sp³-hybridized carbons (Fsp3) is 0.440. The van der Waals surface area contributed by atoms with Crippen LogP contribution in [-0.2, 0) is 17.5 Å². The smallest absolute Gasteiger partial charge is 0.419 e. The van der Waals surface area contributed by atoms with Crippen molar-refractivity contribution in [1.29, 1.82) is 0 Å². The molecule has 1 saturated heterocycles. The number of carboxylic acids is 1. The molecule has 3 aromatic rings. The highest BCUT2D eigenvalue weighted by molar-refractivity contribution is 7.22. The van der Waals surface area contributed by atoms with Crippen LogP contribution in [-0.4, -0.2) is 53.2 Å². The van der Waals surface area contributed by atoms with E-state index in [9.17, 15) is 22.4 Å². The van der Waals surface area contributed by atoms with Gasteiger partial charge in [0.05, 0.1) is 15.8 Å². The van der Waals surface area contributed by atoms with Crippen LogP contribution in [0.4, 0.5) is 22.7 Å². The number of unbranched alkanes of at least 4 members (excludes halogenated alkanes) is 1. The number of nitrogens with zero attached hydrogens (tertiary/aromatic N) is 3. The summed E-state index contributed by atoms with van der Waals surface area (Å²) in [7, 11) is 0. The molecular weight excluding hydrogens is 498 g/mol. The lowest BCUT2D eigenvalue weighted by molar-refractivity contribution is -0.140. The Bertz CT molecular complexity index is 1220. The van der Waals surface area contributed by atoms with Crippen molar-refractivity contribution >= 4 is 32.7 Å². The standard InChI is InChI=1S/C25H27F4N3O3S/c1-2-3-6-17-14-31(13-16-5-4-7-18(10-16)35-15-23(33)34)8-9-32(17)24-30-21-12-20(26)19(25(27,28)29)11-22(21)36-24/h4-5,7,10-12,17H,2-3,6,8-9,13-15H2,1H3,(H,33,34)/t17-/m1/s1. The second-order valence-electron chi connectivity index (χ2n) is 8.85. The zero-order chi connectivity index (χ0) is 25.9. The monoisotopic (exact) mass is 525 g/mol. The van der Waals surface area contributed by atoms with Crippen LogP contribution in [0.2, 0.25) is 0 Å². The van der Waals surface area contributed by atoms with Crippen molar-refractivity contribution in [2.24, 2.45) is 0 Å². The van der Waals surface area contributed by atoms with Crippen LogP contribution in [0.5, 0.6) is 5.75 Å². The van der Waals surface area contributed by atoms with Crippen LogP contribution in [0.25, 0.3) is 10.2 Å². The minimum Gasteiger partial charge on any atom is -0.482 e. The summed E-state index contributed by atoms with van der Waals surface area (Å²) >= 11 is 1.16. The molecule has 0 unspecified atom stereocenters. The van der Waals surface area contributed by atoms with E-state index in [4.69, 9.17) is 9.84 Å². The third kappa shape index (κ3) is 6.25. The molecule has 1 aliphatic rings. The topological polar surface area (TPSA) is 65.9 Å². The molecule has 0 saturated carbocycles. The lowest BCUT2D eigenvalue weighted by Crippen LogP contribution is -2.53. The van der Waals surface area contributed by atoms with Gasteiger partial charge in [0, 0.05) is 38.3 Å². The quantitative estimate of drug-likeness (QED) is 0.357. The fourth-order valence-electron chi connectivity index (χ4n) is 4.42. The lowest BCUT2D eigenvalue weighted by atomic mass is 10.0. The van der Waals surface area contributed by atoms with Gasteiger partial charge in [0.15, 0.2) is 11.7 Å². The molecule has 2 heterocycles. The number of hydrogen-bond donors (Lipinski definition) is 1. The number of benzene rings is 2. The molecule has 0 radical (unpaired) electrons. The maximum Gasteiger partial charge on any atom is 0.419 e. The van der Waals surface area contributed by atoms with Gasteiger partial charge in [-0.3, -0.25) is 4.90 Å². The first-order chi connectivity index (χ1) is 17.1. The minimum atomic E-state index is -4.76. The Morgan fingerprint density at radius 2 is 2.06 bits per heavy atom. The number of rotatable bonds is 9. The van der Waals surface area contributed by atoms with E-state index < -0.39 is 30.1 Å². The van der Waals surface area contributed by atoms with Crippen molar-refractivity contribution in [3.63, 3.8) is 0 Å². The maximum absolute atomic E-state index is 14.1. The summed E-state index contributed by atoms with van der Waals surface area (Å²) < 4.78 is 59.1. The Morgan fingerprint density at radius 3 is 2.78 bits per heavy atom. The van der Waals surface area contributed by atoms with Crippen molar-refractivity contribution < 1.29 is 32.2 Å². The molecular formula is C25H27F4N3O3S. The third-order valence-corrected chi connectivity index (χ3v) is 7.20. The molecule has 0 amide bonds. The van der Waals surface area contributed by atoms with Crippen LogP contribution in [0.15, 0.2) is 36.4 Å². The molecule has 4 rings (SSSR count). The van der Waals surface area contributed by atoms with Gasteiger partial charge in [-0.05, 0) is 30.2 Å². The highest BCUT2D eigenvalue weighted by Crippen LogP contribution is 2.38. The molecule has 0 bridgehead atoms. The second kappa shape index (κ2) is 11.0. The Kier molecular flexibility index (Phi) is 7.99. The summed E-state index contributed by atoms with van der Waals surface area (Å²) in [5.74, 6) is -1.85. The van der Waals surface area contributed by atoms with Gasteiger partial charge in [-0.1, -0.05) is 43.2 Å². The molecule has 194 valence electrons. The van der Waals surface area contributed by atoms with Gasteiger partial charge in [-0.2, -0.15) is 13.2 Å². The summed E-state index contributed by atoms with van der Waals surface area (Å²) in [5.41, 5.74) is -0.0433. The van der Waals surface area contributed by atoms with E-state index in [1.54, 1.807) is 6.07 Å². The van der Waals surface area contributed by atoms with Gasteiger partial charge in [0.1, 0.15) is 11.6 Å². The third-order valence-electron chi connectivity index (χ3n) is 6.14. The maximum atomic E-state index is 14.1. The predicted octanol–water partition coefficient (Wildman–Crippen LogP) is 5.80. The number of halogens is 4. The summed E-state index contributed by atoms with van der Waals surface area (Å²) in [6, 6.07) is 9.16. The first-order valence-electron chi connectivity index (χ1n) is 11.7. The van der Waals surface area contributed by atoms with Gasteiger partial charge in [0.25, 0.3) is 0 Å². The molecule has 0 aliphatic carbocycles. The molecule has 36 heavy (non-hydrogen) atoms. The van der Waals surface area contributed by atoms with E-state index in [1.807, 2.05) is 18.2 Å². The number of ether oxygens (including phenoxy) is 1. The van der Waals surface area contributed by atoms with Crippen LogP contribution in [0.3, 0.4) is 0 Å². The summed E-state index contributed by atoms with van der Waals surface area (Å²) in [6.07, 6.45) is -1.86. The summed E-state index contributed by atoms with van der Waals surface area (Å²) in [5, 5.41) is 9.43. The minimum absolute atomic E-state index is 0.109. The van der Waals surface area contributed by atoms with Crippen molar-refractivity contribution in [2.45, 2.75) is 44.9 Å². The van der Waals surface area contributed by atoms with Crippen LogP contribution < -0.4 is 9.64 Å². The highest BCUT2D eigenvalue weighted by Gasteiger charge is 2.35. The molecule has 2 aromatic carbocycles. The molecule has 1 aromatic heterocycles. The molecule has 6 nitrogen and oxygen atoms in total. The Hall–Kier alpha value is -2.92. The fourth-order valence-corrected chi connectivity index (χ4v) is 5.50. The SMILES string of the molecule is CCCC[C@@H]1CN(Cc2cccc(OCC(=O)O)c2)CCN1c1nc2cc(F)c(C(F)(F)F)cc2s1. The van der Waals surface area contributed by atoms with Crippen LogP contribution in [0, 0.1) is 5.82 Å². The van der Waals surface area contributed by atoms with Gasteiger partial charge in [-0.25, -0.2) is 14.2 Å². The molecule has 1 N–H and O–H groups in total. The summed E-state index contributed by atoms with van der Waals surface area (Å²) in [6.45, 7) is 4.43. The lowest BCUT2D eigenvalue weighted by Gasteiger charge is -2.41. The number of aliphatic carboxylic acids is 1. The Labute approximate surface area is 210 Å². The average molecular weight is 526 g/mol. The zero-order valence-corrected chi connectivity index (χ0v) is 20.5. The van der Waals surface area contributed by atoms with E-state index in [2.05, 4.69) is 21.7 Å². The van der Waals surface area contributed by atoms with E-state index in [-0.39, 0.29) is 11.6 Å². The number of aromatic nitrogens is 1.